The van der Waals surface area contributed by atoms with Crippen molar-refractivity contribution in [2.75, 3.05) is 17.2 Å². The summed E-state index contributed by atoms with van der Waals surface area (Å²) in [4.78, 5) is 12.0. The third-order valence-corrected chi connectivity index (χ3v) is 6.18. The van der Waals surface area contributed by atoms with E-state index >= 15 is 0 Å². The topological polar surface area (TPSA) is 134 Å². The maximum absolute atomic E-state index is 8.95. The highest BCUT2D eigenvalue weighted by Gasteiger charge is 2.40. The van der Waals surface area contributed by atoms with Crippen molar-refractivity contribution in [2.24, 2.45) is 0 Å². The fraction of sp³-hybridized carbons (Fsp3) is 0.476. The van der Waals surface area contributed by atoms with Crippen molar-refractivity contribution in [3.05, 3.63) is 30.2 Å². The second kappa shape index (κ2) is 8.35. The van der Waals surface area contributed by atoms with E-state index < -0.39 is 0 Å². The molecule has 0 aromatic carbocycles. The zero-order valence-electron chi connectivity index (χ0n) is 17.5. The van der Waals surface area contributed by atoms with E-state index in [1.165, 1.54) is 12.8 Å². The number of rotatable bonds is 7. The predicted molar refractivity (Wildman–Crippen MR) is 117 cm³/mol. The third kappa shape index (κ3) is 4.22. The molecule has 0 spiro atoms. The van der Waals surface area contributed by atoms with Crippen molar-refractivity contribution < 1.29 is 0 Å². The van der Waals surface area contributed by atoms with E-state index in [1.54, 1.807) is 6.20 Å². The molecule has 2 fully saturated rings. The molecule has 4 N–H and O–H groups in total. The first-order chi connectivity index (χ1) is 15.2. The molecule has 31 heavy (non-hydrogen) atoms. The molecule has 2 bridgehead atoms. The van der Waals surface area contributed by atoms with Crippen LogP contribution >= 0.6 is 0 Å². The molecule has 3 atom stereocenters. The molecule has 2 saturated heterocycles. The van der Waals surface area contributed by atoms with E-state index in [4.69, 9.17) is 15.2 Å². The maximum Gasteiger partial charge on any atom is 0.225 e. The zero-order valence-corrected chi connectivity index (χ0v) is 17.5. The number of nitrogens with zero attached hydrogens (tertiary/aromatic N) is 6. The number of anilines is 3. The predicted octanol–water partition coefficient (Wildman–Crippen LogP) is 2.96. The summed E-state index contributed by atoms with van der Waals surface area (Å²) >= 11 is 0. The highest BCUT2D eigenvalue weighted by Crippen LogP contribution is 2.36. The molecule has 0 radical (unpaired) electrons. The van der Waals surface area contributed by atoms with E-state index in [9.17, 15) is 0 Å². The second-order valence-corrected chi connectivity index (χ2v) is 8.35. The summed E-state index contributed by atoms with van der Waals surface area (Å²) in [5, 5.41) is 29.9. The fourth-order valence-corrected chi connectivity index (χ4v) is 4.85. The van der Waals surface area contributed by atoms with Crippen LogP contribution in [0.15, 0.2) is 24.5 Å². The van der Waals surface area contributed by atoms with Crippen molar-refractivity contribution in [3.63, 3.8) is 0 Å². The summed E-state index contributed by atoms with van der Waals surface area (Å²) < 4.78 is 0. The standard InChI is InChI=1S/C21H26N10/c1-13-7-20(30-29-13)27-19-10-18(14-11-23-24-12-14)26-21(28-19)25-15-8-16-3-4-17(9-15)31(16)6-2-5-22/h7,10-12,15-17H,2-4,6,8-9H2,1H3,(H,23,24)(H3,25,26,27,28,29,30)/t15?,16-,17+. The van der Waals surface area contributed by atoms with E-state index in [0.717, 1.165) is 36.3 Å². The molecular weight excluding hydrogens is 392 g/mol. The number of nitrogens with one attached hydrogen (secondary N) is 4. The summed E-state index contributed by atoms with van der Waals surface area (Å²) in [6.45, 7) is 2.83. The Morgan fingerprint density at radius 1 is 1.19 bits per heavy atom. The van der Waals surface area contributed by atoms with Gasteiger partial charge >= 0.3 is 0 Å². The number of hydrogen-bond donors (Lipinski definition) is 4. The van der Waals surface area contributed by atoms with E-state index in [-0.39, 0.29) is 0 Å². The normalized spacial score (nSPS) is 22.9. The van der Waals surface area contributed by atoms with Gasteiger partial charge in [0.15, 0.2) is 5.82 Å². The van der Waals surface area contributed by atoms with Crippen LogP contribution in [0, 0.1) is 18.3 Å². The lowest BCUT2D eigenvalue weighted by Crippen LogP contribution is -2.47. The molecule has 5 heterocycles. The van der Waals surface area contributed by atoms with Crippen LogP contribution in [0.2, 0.25) is 0 Å². The quantitative estimate of drug-likeness (QED) is 0.460. The van der Waals surface area contributed by atoms with Crippen LogP contribution in [0.25, 0.3) is 11.3 Å². The van der Waals surface area contributed by atoms with Crippen molar-refractivity contribution in [2.45, 2.75) is 57.2 Å². The molecule has 3 aromatic heterocycles. The Labute approximate surface area is 180 Å². The second-order valence-electron chi connectivity index (χ2n) is 8.35. The molecule has 0 saturated carbocycles. The van der Waals surface area contributed by atoms with Crippen LogP contribution in [0.4, 0.5) is 17.6 Å². The summed E-state index contributed by atoms with van der Waals surface area (Å²) in [6.07, 6.45) is 8.67. The lowest BCUT2D eigenvalue weighted by molar-refractivity contribution is 0.135. The molecule has 10 nitrogen and oxygen atoms in total. The number of H-pyrrole nitrogens is 2. The molecule has 1 unspecified atom stereocenters. The van der Waals surface area contributed by atoms with Gasteiger partial charge in [-0.3, -0.25) is 15.1 Å². The van der Waals surface area contributed by atoms with Gasteiger partial charge in [-0.15, -0.1) is 0 Å². The molecular formula is C21H26N10. The molecule has 0 aliphatic carbocycles. The maximum atomic E-state index is 8.95. The molecule has 0 amide bonds. The molecule has 2 aliphatic rings. The first-order valence-electron chi connectivity index (χ1n) is 10.7. The molecule has 160 valence electrons. The monoisotopic (exact) mass is 418 g/mol. The van der Waals surface area contributed by atoms with Crippen molar-refractivity contribution in [3.8, 4) is 17.3 Å². The third-order valence-electron chi connectivity index (χ3n) is 6.18. The van der Waals surface area contributed by atoms with E-state index in [0.29, 0.717) is 42.1 Å². The zero-order chi connectivity index (χ0) is 21.2. The van der Waals surface area contributed by atoms with Crippen LogP contribution < -0.4 is 10.6 Å². The van der Waals surface area contributed by atoms with Gasteiger partial charge in [0.2, 0.25) is 5.95 Å². The number of aromatic nitrogens is 6. The number of nitriles is 1. The average molecular weight is 419 g/mol. The minimum absolute atomic E-state index is 0.316. The van der Waals surface area contributed by atoms with Crippen LogP contribution in [-0.4, -0.2) is 59.9 Å². The van der Waals surface area contributed by atoms with Gasteiger partial charge in [0.05, 0.1) is 18.0 Å². The highest BCUT2D eigenvalue weighted by molar-refractivity contribution is 5.65. The van der Waals surface area contributed by atoms with Gasteiger partial charge < -0.3 is 10.6 Å². The lowest BCUT2D eigenvalue weighted by atomic mass is 9.97. The molecule has 2 aliphatic heterocycles. The van der Waals surface area contributed by atoms with E-state index in [2.05, 4.69) is 42.0 Å². The minimum Gasteiger partial charge on any atom is -0.351 e. The number of piperidine rings is 1. The van der Waals surface area contributed by atoms with Crippen LogP contribution in [0.1, 0.15) is 37.8 Å². The van der Waals surface area contributed by atoms with Gasteiger partial charge in [-0.2, -0.15) is 20.4 Å². The number of aromatic amines is 2. The molecule has 10 heteroatoms. The largest absolute Gasteiger partial charge is 0.351 e. The van der Waals surface area contributed by atoms with Gasteiger partial charge in [0.25, 0.3) is 0 Å². The number of fused-ring (bicyclic) bond motifs is 2. The molecule has 3 aromatic rings. The minimum atomic E-state index is 0.316. The van der Waals surface area contributed by atoms with Crippen LogP contribution in [0.5, 0.6) is 0 Å². The molecule has 5 rings (SSSR count). The Morgan fingerprint density at radius 2 is 2.03 bits per heavy atom. The Bertz CT molecular complexity index is 1050. The van der Waals surface area contributed by atoms with Gasteiger partial charge in [-0.25, -0.2) is 4.98 Å². The van der Waals surface area contributed by atoms with Gasteiger partial charge in [0, 0.05) is 60.7 Å². The van der Waals surface area contributed by atoms with Crippen molar-refractivity contribution in [1.82, 2.24) is 35.3 Å². The highest BCUT2D eigenvalue weighted by atomic mass is 15.3. The Morgan fingerprint density at radius 3 is 2.71 bits per heavy atom. The van der Waals surface area contributed by atoms with Gasteiger partial charge in [-0.1, -0.05) is 0 Å². The van der Waals surface area contributed by atoms with Crippen LogP contribution in [-0.2, 0) is 0 Å². The Balaban J connectivity index is 1.35. The smallest absolute Gasteiger partial charge is 0.225 e. The Hall–Kier alpha value is -3.45. The summed E-state index contributed by atoms with van der Waals surface area (Å²) in [5.74, 6) is 1.99. The summed E-state index contributed by atoms with van der Waals surface area (Å²) in [5.41, 5.74) is 2.66. The Kier molecular flexibility index (Phi) is 5.26. The summed E-state index contributed by atoms with van der Waals surface area (Å²) in [7, 11) is 0. The first kappa shape index (κ1) is 19.5. The SMILES string of the molecule is Cc1cc(Nc2cc(-c3cn[nH]c3)nc(NC3C[C@H]4CC[C@@H](C3)N4CCC#N)n2)n[nH]1. The summed E-state index contributed by atoms with van der Waals surface area (Å²) in [6, 6.07) is 7.49. The fourth-order valence-electron chi connectivity index (χ4n) is 4.85. The number of hydrogen-bond acceptors (Lipinski definition) is 8. The number of aryl methyl sites for hydroxylation is 1. The van der Waals surface area contributed by atoms with E-state index in [1.807, 2.05) is 25.3 Å². The van der Waals surface area contributed by atoms with Gasteiger partial charge in [-0.05, 0) is 32.6 Å². The lowest BCUT2D eigenvalue weighted by Gasteiger charge is -2.38. The van der Waals surface area contributed by atoms with Crippen molar-refractivity contribution >= 4 is 17.6 Å². The van der Waals surface area contributed by atoms with Crippen LogP contribution in [0.3, 0.4) is 0 Å². The average Bonchev–Trinajstić information content (AvgIpc) is 3.47. The van der Waals surface area contributed by atoms with Gasteiger partial charge in [0.1, 0.15) is 5.82 Å². The van der Waals surface area contributed by atoms with Crippen molar-refractivity contribution in [1.29, 1.82) is 5.26 Å². The first-order valence-corrected chi connectivity index (χ1v) is 10.7.